The van der Waals surface area contributed by atoms with Gasteiger partial charge in [0.1, 0.15) is 5.75 Å². The van der Waals surface area contributed by atoms with Crippen LogP contribution in [0.2, 0.25) is 0 Å². The third-order valence-electron chi connectivity index (χ3n) is 8.91. The molecule has 230 valence electrons. The predicted octanol–water partition coefficient (Wildman–Crippen LogP) is 6.80. The number of carbonyl (C=O) groups is 2. The zero-order valence-electron chi connectivity index (χ0n) is 27.1. The molecule has 4 rings (SSSR count). The van der Waals surface area contributed by atoms with E-state index in [1.807, 2.05) is 4.90 Å². The third kappa shape index (κ3) is 8.59. The lowest BCUT2D eigenvalue weighted by Crippen LogP contribution is -2.60. The molecule has 0 spiro atoms. The molecule has 2 atom stereocenters. The Kier molecular flexibility index (Phi) is 10.4. The van der Waals surface area contributed by atoms with Gasteiger partial charge in [-0.05, 0) is 59.3 Å². The molecule has 42 heavy (non-hydrogen) atoms. The molecule has 0 radical (unpaired) electrons. The lowest BCUT2D eigenvalue weighted by Gasteiger charge is -2.49. The summed E-state index contributed by atoms with van der Waals surface area (Å²) in [5, 5.41) is 0. The molecule has 0 aromatic heterocycles. The average Bonchev–Trinajstić information content (AvgIpc) is 2.95. The molecule has 2 heterocycles. The van der Waals surface area contributed by atoms with Crippen LogP contribution in [0.15, 0.2) is 54.6 Å². The van der Waals surface area contributed by atoms with E-state index < -0.39 is 0 Å². The Morgan fingerprint density at radius 2 is 1.48 bits per heavy atom. The van der Waals surface area contributed by atoms with Crippen molar-refractivity contribution in [2.45, 2.75) is 86.2 Å². The third-order valence-corrected chi connectivity index (χ3v) is 8.91. The number of piperidine rings is 1. The number of carbonyl (C=O) groups excluding carboxylic acids is 2. The molecule has 0 bridgehead atoms. The standard InChI is InChI=1S/C36H53N3O3/c1-27(40)37-21-19-28(20-22-37)13-18-33(41)39-24-23-38(25-32(39)36(5,6)7)34(29-11-9-8-10-12-29)30-14-16-31(17-15-30)42-26-35(2,3)4/h8-12,14-17,28,32,34H,13,18-26H2,1-7H3. The maximum Gasteiger partial charge on any atom is 0.222 e. The number of amides is 2. The molecule has 2 aromatic rings. The Morgan fingerprint density at radius 3 is 2.05 bits per heavy atom. The van der Waals surface area contributed by atoms with Gasteiger partial charge in [0.25, 0.3) is 0 Å². The van der Waals surface area contributed by atoms with E-state index in [-0.39, 0.29) is 34.7 Å². The maximum atomic E-state index is 13.7. The van der Waals surface area contributed by atoms with Crippen molar-refractivity contribution in [3.8, 4) is 5.75 Å². The fraction of sp³-hybridized carbons (Fsp3) is 0.611. The molecule has 2 saturated heterocycles. The van der Waals surface area contributed by atoms with Crippen molar-refractivity contribution >= 4 is 11.8 Å². The van der Waals surface area contributed by atoms with E-state index in [0.29, 0.717) is 18.9 Å². The SMILES string of the molecule is CC(=O)N1CCC(CCC(=O)N2CCN(C(c3ccccc3)c3ccc(OCC(C)(C)C)cc3)CC2C(C)(C)C)CC1. The summed E-state index contributed by atoms with van der Waals surface area (Å²) in [5.74, 6) is 1.86. The van der Waals surface area contributed by atoms with E-state index in [4.69, 9.17) is 4.74 Å². The average molecular weight is 576 g/mol. The van der Waals surface area contributed by atoms with E-state index in [1.54, 1.807) is 6.92 Å². The van der Waals surface area contributed by atoms with Gasteiger partial charge in [-0.2, -0.15) is 0 Å². The molecular weight excluding hydrogens is 522 g/mol. The normalized spacial score (nSPS) is 19.9. The summed E-state index contributed by atoms with van der Waals surface area (Å²) in [6.07, 6.45) is 3.51. The van der Waals surface area contributed by atoms with E-state index in [9.17, 15) is 9.59 Å². The molecule has 0 saturated carbocycles. The van der Waals surface area contributed by atoms with E-state index in [0.717, 1.165) is 57.7 Å². The van der Waals surface area contributed by atoms with Crippen molar-refractivity contribution in [3.63, 3.8) is 0 Å². The molecule has 2 aliphatic rings. The molecule has 0 N–H and O–H groups in total. The summed E-state index contributed by atoms with van der Waals surface area (Å²) in [4.78, 5) is 32.1. The summed E-state index contributed by atoms with van der Waals surface area (Å²) >= 11 is 0. The zero-order chi connectivity index (χ0) is 30.5. The number of piperazine rings is 1. The van der Waals surface area contributed by atoms with Gasteiger partial charge in [-0.15, -0.1) is 0 Å². The molecular formula is C36H53N3O3. The van der Waals surface area contributed by atoms with Crippen LogP contribution in [0, 0.1) is 16.7 Å². The number of rotatable bonds is 8. The Bertz CT molecular complexity index is 1160. The second-order valence-electron chi connectivity index (χ2n) is 14.7. The van der Waals surface area contributed by atoms with Gasteiger partial charge in [-0.3, -0.25) is 14.5 Å². The smallest absolute Gasteiger partial charge is 0.222 e. The van der Waals surface area contributed by atoms with Gasteiger partial charge in [-0.25, -0.2) is 0 Å². The number of hydrogen-bond donors (Lipinski definition) is 0. The van der Waals surface area contributed by atoms with Crippen LogP contribution in [0.25, 0.3) is 0 Å². The van der Waals surface area contributed by atoms with Crippen LogP contribution in [-0.4, -0.2) is 71.9 Å². The molecule has 2 fully saturated rings. The fourth-order valence-electron chi connectivity index (χ4n) is 6.38. The first-order valence-electron chi connectivity index (χ1n) is 15.9. The molecule has 6 heteroatoms. The van der Waals surface area contributed by atoms with Crippen molar-refractivity contribution in [2.75, 3.05) is 39.3 Å². The quantitative estimate of drug-likeness (QED) is 0.348. The van der Waals surface area contributed by atoms with Crippen LogP contribution in [0.5, 0.6) is 5.75 Å². The van der Waals surface area contributed by atoms with Crippen molar-refractivity contribution in [1.82, 2.24) is 14.7 Å². The topological polar surface area (TPSA) is 53.1 Å². The second kappa shape index (κ2) is 13.6. The van der Waals surface area contributed by atoms with Crippen LogP contribution < -0.4 is 4.74 Å². The molecule has 2 unspecified atom stereocenters. The van der Waals surface area contributed by atoms with Crippen LogP contribution >= 0.6 is 0 Å². The monoisotopic (exact) mass is 575 g/mol. The van der Waals surface area contributed by atoms with Crippen LogP contribution in [0.1, 0.15) is 91.3 Å². The number of likely N-dealkylation sites (tertiary alicyclic amines) is 1. The van der Waals surface area contributed by atoms with Crippen molar-refractivity contribution in [1.29, 1.82) is 0 Å². The maximum absolute atomic E-state index is 13.7. The minimum atomic E-state index is -0.0486. The number of benzene rings is 2. The molecule has 0 aliphatic carbocycles. The first-order valence-corrected chi connectivity index (χ1v) is 15.9. The summed E-state index contributed by atoms with van der Waals surface area (Å²) < 4.78 is 6.07. The van der Waals surface area contributed by atoms with Gasteiger partial charge in [0.05, 0.1) is 12.6 Å². The first-order chi connectivity index (χ1) is 19.8. The van der Waals surface area contributed by atoms with E-state index >= 15 is 0 Å². The second-order valence-corrected chi connectivity index (χ2v) is 14.7. The van der Waals surface area contributed by atoms with Gasteiger partial charge in [0.15, 0.2) is 0 Å². The predicted molar refractivity (Wildman–Crippen MR) is 170 cm³/mol. The van der Waals surface area contributed by atoms with Crippen LogP contribution in [0.4, 0.5) is 0 Å². The number of ether oxygens (including phenoxy) is 1. The van der Waals surface area contributed by atoms with Crippen molar-refractivity contribution < 1.29 is 14.3 Å². The lowest BCUT2D eigenvalue weighted by molar-refractivity contribution is -0.140. The number of hydrogen-bond acceptors (Lipinski definition) is 4. The Labute approximate surface area is 254 Å². The lowest BCUT2D eigenvalue weighted by atomic mass is 9.82. The highest BCUT2D eigenvalue weighted by atomic mass is 16.5. The van der Waals surface area contributed by atoms with Crippen molar-refractivity contribution in [3.05, 3.63) is 65.7 Å². The molecule has 2 aliphatic heterocycles. The highest BCUT2D eigenvalue weighted by Gasteiger charge is 2.40. The van der Waals surface area contributed by atoms with Gasteiger partial charge in [-0.1, -0.05) is 84.0 Å². The minimum Gasteiger partial charge on any atom is -0.493 e. The highest BCUT2D eigenvalue weighted by Crippen LogP contribution is 2.36. The van der Waals surface area contributed by atoms with Crippen LogP contribution in [0.3, 0.4) is 0 Å². The highest BCUT2D eigenvalue weighted by molar-refractivity contribution is 5.77. The molecule has 6 nitrogen and oxygen atoms in total. The Balaban J connectivity index is 1.47. The summed E-state index contributed by atoms with van der Waals surface area (Å²) in [5.41, 5.74) is 2.57. The van der Waals surface area contributed by atoms with Crippen molar-refractivity contribution in [2.24, 2.45) is 16.7 Å². The van der Waals surface area contributed by atoms with E-state index in [2.05, 4.69) is 106 Å². The van der Waals surface area contributed by atoms with Gasteiger partial charge >= 0.3 is 0 Å². The van der Waals surface area contributed by atoms with Gasteiger partial charge in [0, 0.05) is 52.1 Å². The minimum absolute atomic E-state index is 0.0486. The Hall–Kier alpha value is -2.86. The summed E-state index contributed by atoms with van der Waals surface area (Å²) in [7, 11) is 0. The van der Waals surface area contributed by atoms with Gasteiger partial charge < -0.3 is 14.5 Å². The Morgan fingerprint density at radius 1 is 0.857 bits per heavy atom. The fourth-order valence-corrected chi connectivity index (χ4v) is 6.38. The molecule has 2 aromatic carbocycles. The number of nitrogens with zero attached hydrogens (tertiary/aromatic N) is 3. The van der Waals surface area contributed by atoms with Crippen LogP contribution in [-0.2, 0) is 9.59 Å². The summed E-state index contributed by atoms with van der Waals surface area (Å²) in [6.45, 7) is 19.7. The zero-order valence-corrected chi connectivity index (χ0v) is 27.1. The molecule has 2 amide bonds. The first kappa shape index (κ1) is 32.1. The van der Waals surface area contributed by atoms with Gasteiger partial charge in [0.2, 0.25) is 11.8 Å². The largest absolute Gasteiger partial charge is 0.493 e. The van der Waals surface area contributed by atoms with E-state index in [1.165, 1.54) is 11.1 Å². The summed E-state index contributed by atoms with van der Waals surface area (Å²) in [6, 6.07) is 19.6.